The summed E-state index contributed by atoms with van der Waals surface area (Å²) in [5.41, 5.74) is -0.117. The van der Waals surface area contributed by atoms with Gasteiger partial charge in [-0.2, -0.15) is 0 Å². The van der Waals surface area contributed by atoms with Gasteiger partial charge in [0.2, 0.25) is 5.91 Å². The van der Waals surface area contributed by atoms with Crippen molar-refractivity contribution >= 4 is 17.7 Å². The van der Waals surface area contributed by atoms with Crippen molar-refractivity contribution in [2.24, 2.45) is 44.8 Å². The van der Waals surface area contributed by atoms with Crippen molar-refractivity contribution in [2.45, 2.75) is 132 Å². The monoisotopic (exact) mass is 525 g/mol. The zero-order valence-corrected chi connectivity index (χ0v) is 25.4. The predicted molar refractivity (Wildman–Crippen MR) is 149 cm³/mol. The van der Waals surface area contributed by atoms with Crippen LogP contribution in [0.15, 0.2) is 11.6 Å². The van der Waals surface area contributed by atoms with E-state index in [0.717, 1.165) is 44.9 Å². The molecular formula is C33H51NO4. The fraction of sp³-hybridized carbons (Fsp3) is 0.848. The maximum Gasteiger partial charge on any atom is 0.306 e. The van der Waals surface area contributed by atoms with E-state index in [4.69, 9.17) is 4.74 Å². The normalized spacial score (nSPS) is 47.9. The third-order valence-electron chi connectivity index (χ3n) is 12.9. The molecule has 4 fully saturated rings. The van der Waals surface area contributed by atoms with Gasteiger partial charge in [-0.05, 0) is 113 Å². The van der Waals surface area contributed by atoms with Crippen LogP contribution >= 0.6 is 0 Å². The van der Waals surface area contributed by atoms with Gasteiger partial charge in [0.1, 0.15) is 5.60 Å². The summed E-state index contributed by atoms with van der Waals surface area (Å²) < 4.78 is 5.97. The fourth-order valence-electron chi connectivity index (χ4n) is 10.5. The minimum atomic E-state index is -0.574. The number of ether oxygens (including phenoxy) is 1. The quantitative estimate of drug-likeness (QED) is 0.403. The van der Waals surface area contributed by atoms with E-state index in [1.54, 1.807) is 0 Å². The predicted octanol–water partition coefficient (Wildman–Crippen LogP) is 6.79. The molecule has 5 heteroatoms. The maximum atomic E-state index is 14.4. The molecule has 0 aromatic carbocycles. The Kier molecular flexibility index (Phi) is 6.19. The minimum Gasteiger partial charge on any atom is -0.459 e. The van der Waals surface area contributed by atoms with Crippen molar-refractivity contribution < 1.29 is 19.1 Å². The van der Waals surface area contributed by atoms with E-state index in [9.17, 15) is 14.4 Å². The lowest BCUT2D eigenvalue weighted by Crippen LogP contribution is -2.65. The summed E-state index contributed by atoms with van der Waals surface area (Å²) in [5.74, 6) is 0.550. The van der Waals surface area contributed by atoms with Gasteiger partial charge in [-0.25, -0.2) is 0 Å². The Balaban J connectivity index is 1.59. The van der Waals surface area contributed by atoms with E-state index in [-0.39, 0.29) is 63.1 Å². The second-order valence-corrected chi connectivity index (χ2v) is 16.0. The molecule has 1 saturated heterocycles. The number of rotatable bonds is 2. The fourth-order valence-corrected chi connectivity index (χ4v) is 10.5. The second-order valence-electron chi connectivity index (χ2n) is 16.0. The van der Waals surface area contributed by atoms with Crippen molar-refractivity contribution in [3.8, 4) is 0 Å². The molecule has 1 N–H and O–H groups in total. The first-order valence-electron chi connectivity index (χ1n) is 15.2. The Hall–Kier alpha value is -1.65. The maximum absolute atomic E-state index is 14.4. The molecule has 5 aliphatic rings. The van der Waals surface area contributed by atoms with E-state index in [0.29, 0.717) is 12.8 Å². The highest BCUT2D eigenvalue weighted by Crippen LogP contribution is 2.74. The van der Waals surface area contributed by atoms with Gasteiger partial charge < -0.3 is 10.1 Å². The largest absolute Gasteiger partial charge is 0.459 e. The van der Waals surface area contributed by atoms with E-state index < -0.39 is 11.0 Å². The van der Waals surface area contributed by atoms with Gasteiger partial charge in [-0.3, -0.25) is 14.4 Å². The van der Waals surface area contributed by atoms with Gasteiger partial charge in [0.15, 0.2) is 5.78 Å². The molecule has 212 valence electrons. The third kappa shape index (κ3) is 3.72. The van der Waals surface area contributed by atoms with Crippen molar-refractivity contribution in [1.29, 1.82) is 0 Å². The van der Waals surface area contributed by atoms with Gasteiger partial charge in [-0.1, -0.05) is 40.2 Å². The molecule has 1 amide bonds. The van der Waals surface area contributed by atoms with Crippen LogP contribution in [0.4, 0.5) is 0 Å². The Morgan fingerprint density at radius 3 is 2.26 bits per heavy atom. The van der Waals surface area contributed by atoms with Crippen molar-refractivity contribution in [1.82, 2.24) is 5.32 Å². The summed E-state index contributed by atoms with van der Waals surface area (Å²) in [6.07, 6.45) is 10.0. The number of allylic oxidation sites excluding steroid dienone is 2. The summed E-state index contributed by atoms with van der Waals surface area (Å²) in [5, 5.41) is 3.19. The highest BCUT2D eigenvalue weighted by atomic mass is 16.6. The SMILES string of the molecule is CC(C)NC(=O)[C@@]1(C)CC[C@]2(C)CC[C@]3(C)C(=CC(=O)[C@@H]4[C@@]5(C)CCC(=O)OC(C)(C)[C@@H]5CC[C@]43C)[C@@H]2C1. The van der Waals surface area contributed by atoms with Crippen LogP contribution in [-0.4, -0.2) is 29.3 Å². The lowest BCUT2D eigenvalue weighted by Gasteiger charge is -2.68. The molecule has 8 atom stereocenters. The number of carbonyl (C=O) groups is 3. The number of hydrogen-bond acceptors (Lipinski definition) is 4. The van der Waals surface area contributed by atoms with Crippen LogP contribution in [0.25, 0.3) is 0 Å². The standard InChI is InChI=1S/C33H51NO4/c1-20(2)34-27(37)30(6)15-14-29(5)16-17-32(8)21(22(29)19-30)18-23(35)26-31(7)12-11-25(36)38-28(3,4)24(31)10-13-33(26,32)9/h18,20,22,24,26H,10-17,19H2,1-9H3,(H,34,37)/t22-,24-,26+,29+,30-,31-,32+,33+/m0/s1. The Bertz CT molecular complexity index is 1090. The van der Waals surface area contributed by atoms with Crippen LogP contribution in [0.2, 0.25) is 0 Å². The summed E-state index contributed by atoms with van der Waals surface area (Å²) in [7, 11) is 0. The molecule has 0 aromatic heterocycles. The molecule has 1 aliphatic heterocycles. The number of fused-ring (bicyclic) bond motifs is 7. The average Bonchev–Trinajstić information content (AvgIpc) is 2.88. The van der Waals surface area contributed by atoms with Gasteiger partial charge >= 0.3 is 5.97 Å². The first-order chi connectivity index (χ1) is 17.4. The molecule has 4 aliphatic carbocycles. The van der Waals surface area contributed by atoms with E-state index in [2.05, 4.69) is 59.9 Å². The molecule has 1 heterocycles. The molecule has 0 radical (unpaired) electrons. The molecule has 0 aromatic rings. The third-order valence-corrected chi connectivity index (χ3v) is 12.9. The highest BCUT2D eigenvalue weighted by Gasteiger charge is 2.69. The number of carbonyl (C=O) groups excluding carboxylic acids is 3. The van der Waals surface area contributed by atoms with Crippen molar-refractivity contribution in [3.63, 3.8) is 0 Å². The smallest absolute Gasteiger partial charge is 0.306 e. The molecule has 5 nitrogen and oxygen atoms in total. The van der Waals surface area contributed by atoms with Crippen LogP contribution in [0.5, 0.6) is 0 Å². The summed E-state index contributed by atoms with van der Waals surface area (Å²) >= 11 is 0. The van der Waals surface area contributed by atoms with Crippen LogP contribution in [0.1, 0.15) is 120 Å². The van der Waals surface area contributed by atoms with Crippen molar-refractivity contribution in [3.05, 3.63) is 11.6 Å². The molecule has 0 bridgehead atoms. The number of nitrogens with one attached hydrogen (secondary N) is 1. The zero-order chi connectivity index (χ0) is 28.1. The number of cyclic esters (lactones) is 1. The van der Waals surface area contributed by atoms with Crippen LogP contribution in [0.3, 0.4) is 0 Å². The minimum absolute atomic E-state index is 0.0994. The molecule has 5 rings (SSSR count). The van der Waals surface area contributed by atoms with E-state index in [1.807, 2.05) is 13.8 Å². The van der Waals surface area contributed by atoms with Gasteiger partial charge in [0.25, 0.3) is 0 Å². The lowest BCUT2D eigenvalue weighted by molar-refractivity contribution is -0.188. The number of amides is 1. The van der Waals surface area contributed by atoms with Gasteiger partial charge in [0.05, 0.1) is 0 Å². The Morgan fingerprint density at radius 1 is 0.947 bits per heavy atom. The molecule has 0 spiro atoms. The summed E-state index contributed by atoms with van der Waals surface area (Å²) in [6, 6.07) is 0.120. The zero-order valence-electron chi connectivity index (χ0n) is 25.4. The second kappa shape index (κ2) is 8.43. The number of hydrogen-bond donors (Lipinski definition) is 1. The Morgan fingerprint density at radius 2 is 1.61 bits per heavy atom. The van der Waals surface area contributed by atoms with Crippen LogP contribution < -0.4 is 5.32 Å². The van der Waals surface area contributed by atoms with Crippen LogP contribution in [-0.2, 0) is 19.1 Å². The van der Waals surface area contributed by atoms with E-state index in [1.165, 1.54) is 5.57 Å². The van der Waals surface area contributed by atoms with E-state index >= 15 is 0 Å². The Labute approximate surface area is 230 Å². The van der Waals surface area contributed by atoms with Crippen LogP contribution in [0, 0.1) is 44.8 Å². The number of esters is 1. The summed E-state index contributed by atoms with van der Waals surface area (Å²) in [6.45, 7) is 19.8. The molecule has 0 unspecified atom stereocenters. The highest BCUT2D eigenvalue weighted by molar-refractivity contribution is 5.96. The van der Waals surface area contributed by atoms with Gasteiger partial charge in [-0.15, -0.1) is 0 Å². The average molecular weight is 526 g/mol. The summed E-state index contributed by atoms with van der Waals surface area (Å²) in [4.78, 5) is 40.4. The molecule has 38 heavy (non-hydrogen) atoms. The first kappa shape index (κ1) is 27.9. The van der Waals surface area contributed by atoms with Gasteiger partial charge in [0, 0.05) is 29.7 Å². The molecule has 3 saturated carbocycles. The number of ketones is 1. The first-order valence-corrected chi connectivity index (χ1v) is 15.2. The topological polar surface area (TPSA) is 72.5 Å². The molecular weight excluding hydrogens is 474 g/mol. The van der Waals surface area contributed by atoms with Crippen molar-refractivity contribution in [2.75, 3.05) is 0 Å². The lowest BCUT2D eigenvalue weighted by atomic mass is 9.35.